The van der Waals surface area contributed by atoms with Crippen LogP contribution in [0.1, 0.15) is 90.5 Å². The number of carbonyl (C=O) groups excluding carboxylic acids is 4. The van der Waals surface area contributed by atoms with E-state index in [-0.39, 0.29) is 112 Å². The van der Waals surface area contributed by atoms with Crippen LogP contribution in [0.25, 0.3) is 0 Å². The van der Waals surface area contributed by atoms with Crippen molar-refractivity contribution >= 4 is 44.2 Å². The maximum Gasteiger partial charge on any atom is 0.453 e. The molecule has 10 atom stereocenters. The van der Waals surface area contributed by atoms with E-state index in [4.69, 9.17) is 61.9 Å². The Kier molecular flexibility index (Phi) is 31.7. The summed E-state index contributed by atoms with van der Waals surface area (Å²) in [5.74, 6) is 1.61. The van der Waals surface area contributed by atoms with Gasteiger partial charge in [0.25, 0.3) is 5.91 Å². The second-order valence-electron chi connectivity index (χ2n) is 29.0. The van der Waals surface area contributed by atoms with Crippen LogP contribution in [0.15, 0.2) is 166 Å². The Hall–Kier alpha value is -9.06. The Labute approximate surface area is 647 Å². The molecule has 0 saturated carbocycles. The monoisotopic (exact) mass is 1580 g/mol. The fourth-order valence-electron chi connectivity index (χ4n) is 12.7. The van der Waals surface area contributed by atoms with Crippen LogP contribution in [0.2, 0.25) is 0 Å². The Bertz CT molecular complexity index is 4240. The lowest BCUT2D eigenvalue weighted by molar-refractivity contribution is -0.116. The quantitative estimate of drug-likeness (QED) is 0.0196. The first-order chi connectivity index (χ1) is 53.0. The van der Waals surface area contributed by atoms with Crippen molar-refractivity contribution in [3.8, 4) is 34.5 Å². The average molecular weight is 1580 g/mol. The summed E-state index contributed by atoms with van der Waals surface area (Å²) in [6, 6.07) is 40.8. The number of alkyl carbamates (subject to hydrolysis) is 2. The summed E-state index contributed by atoms with van der Waals surface area (Å²) in [5.41, 5.74) is 3.30. The van der Waals surface area contributed by atoms with Gasteiger partial charge in [-0.15, -0.1) is 5.11 Å². The van der Waals surface area contributed by atoms with Crippen LogP contribution in [0.3, 0.4) is 0 Å². The number of nitrogens with zero attached hydrogens (tertiary/aromatic N) is 4. The van der Waals surface area contributed by atoms with Crippen LogP contribution in [0.4, 0.5) is 14.4 Å². The van der Waals surface area contributed by atoms with Gasteiger partial charge in [0.2, 0.25) is 33.6 Å². The molecule has 6 aromatic carbocycles. The largest absolute Gasteiger partial charge is 0.508 e. The van der Waals surface area contributed by atoms with Crippen molar-refractivity contribution in [3.05, 3.63) is 168 Å². The van der Waals surface area contributed by atoms with E-state index in [1.54, 1.807) is 39.0 Å². The molecule has 6 N–H and O–H groups in total. The number of aliphatic hydroxyl groups excluding tert-OH is 3. The molecule has 4 fully saturated rings. The molecule has 0 spiro atoms. The van der Waals surface area contributed by atoms with Gasteiger partial charge >= 0.3 is 18.3 Å². The third kappa shape index (κ3) is 26.3. The first kappa shape index (κ1) is 85.9. The number of aliphatic hydroxyl groups is 3. The highest BCUT2D eigenvalue weighted by Crippen LogP contribution is 2.38. The molecule has 111 heavy (non-hydrogen) atoms. The molecule has 604 valence electrons. The molecular formula is C79H102N6O24S2. The molecule has 32 heteroatoms. The maximum absolute atomic E-state index is 13.9. The first-order valence-electron chi connectivity index (χ1n) is 36.9. The molecule has 12 rings (SSSR count). The van der Waals surface area contributed by atoms with Gasteiger partial charge in [0.15, 0.2) is 35.6 Å². The third-order valence-corrected chi connectivity index (χ3v) is 21.7. The molecule has 6 aliphatic heterocycles. The lowest BCUT2D eigenvalue weighted by atomic mass is 10.0. The number of hydrogen-bond acceptors (Lipinski definition) is 24. The third-order valence-electron chi connectivity index (χ3n) is 18.1. The molecule has 0 aromatic heterocycles. The lowest BCUT2D eigenvalue weighted by Crippen LogP contribution is -2.51. The lowest BCUT2D eigenvalue weighted by Gasteiger charge is -2.31. The predicted octanol–water partition coefficient (Wildman–Crippen LogP) is 9.51. The maximum atomic E-state index is 13.9. The topological polar surface area (TPSA) is 384 Å². The molecule has 6 aliphatic rings. The fourth-order valence-corrected chi connectivity index (χ4v) is 15.9. The van der Waals surface area contributed by atoms with Crippen molar-refractivity contribution in [2.75, 3.05) is 79.4 Å². The van der Waals surface area contributed by atoms with E-state index in [1.807, 2.05) is 100 Å². The van der Waals surface area contributed by atoms with Crippen molar-refractivity contribution in [1.29, 1.82) is 0 Å². The van der Waals surface area contributed by atoms with Crippen LogP contribution in [0, 0.1) is 23.7 Å². The van der Waals surface area contributed by atoms with Crippen LogP contribution in [0.5, 0.6) is 34.5 Å². The van der Waals surface area contributed by atoms with Gasteiger partial charge in [-0.25, -0.2) is 31.2 Å². The summed E-state index contributed by atoms with van der Waals surface area (Å²) in [4.78, 5) is 47.3. The van der Waals surface area contributed by atoms with Crippen molar-refractivity contribution in [3.63, 3.8) is 0 Å². The zero-order valence-corrected chi connectivity index (χ0v) is 65.2. The molecular weight excluding hydrogens is 1480 g/mol. The van der Waals surface area contributed by atoms with E-state index in [1.165, 1.54) is 69.1 Å². The SMILES string of the molecule is CC(=O)N=NC(=O)OC(C)(C)C.CC(C)CN(C[C@@H](O)[C@H](Cc1ccc(O)cc1)NC(=O)O[C@H]1CO[C@H]2OCC[C@H]21)S(=O)(=O)c1ccc2c(c1)OCO2.CC(C)CN(C[C@@H](O)[C@H](Cc1ccc(OCCc2ccccc2)cc1)NC(=O)O[C@H]1CO[C@H]2OCC[C@H]21)S(=O)(=O)c1ccc2c(c1)OCO2.OCCc1ccccc1. The number of hydrogen-bond donors (Lipinski definition) is 6. The molecule has 0 unspecified atom stereocenters. The van der Waals surface area contributed by atoms with Gasteiger partial charge in [-0.05, 0) is 135 Å². The molecule has 30 nitrogen and oxygen atoms in total. The Morgan fingerprint density at radius 2 is 0.982 bits per heavy atom. The number of azo groups is 1. The van der Waals surface area contributed by atoms with Crippen LogP contribution >= 0.6 is 0 Å². The summed E-state index contributed by atoms with van der Waals surface area (Å²) < 4.78 is 123. The van der Waals surface area contributed by atoms with Gasteiger partial charge in [0.05, 0.1) is 79.0 Å². The Morgan fingerprint density at radius 1 is 0.550 bits per heavy atom. The number of aromatic hydroxyl groups is 1. The normalized spacial score (nSPS) is 19.8. The summed E-state index contributed by atoms with van der Waals surface area (Å²) >= 11 is 0. The van der Waals surface area contributed by atoms with E-state index in [2.05, 4.69) is 33.0 Å². The first-order valence-corrected chi connectivity index (χ1v) is 39.8. The highest BCUT2D eigenvalue weighted by Gasteiger charge is 2.46. The minimum atomic E-state index is -4.06. The highest BCUT2D eigenvalue weighted by atomic mass is 32.2. The van der Waals surface area contributed by atoms with E-state index in [0.29, 0.717) is 55.0 Å². The summed E-state index contributed by atoms with van der Waals surface area (Å²) in [5, 5.41) is 52.9. The number of carbonyl (C=O) groups is 4. The number of ether oxygens (including phenoxy) is 12. The number of phenols is 1. The number of rotatable bonds is 28. The van der Waals surface area contributed by atoms with Crippen LogP contribution in [-0.4, -0.2) is 204 Å². The molecule has 6 aromatic rings. The number of benzene rings is 6. The van der Waals surface area contributed by atoms with Crippen LogP contribution < -0.4 is 34.3 Å². The second-order valence-corrected chi connectivity index (χ2v) is 32.9. The summed E-state index contributed by atoms with van der Waals surface area (Å²) in [6.45, 7) is 15.8. The smallest absolute Gasteiger partial charge is 0.453 e. The van der Waals surface area contributed by atoms with E-state index in [0.717, 1.165) is 30.4 Å². The molecule has 6 heterocycles. The number of nitrogens with one attached hydrogen (secondary N) is 2. The standard InChI is InChI=1S/C36H44N2O10S.C28H36N2O10S.C8H10O.C7H12N2O3/c1-24(2)20-38(49(41,42)28-12-13-32-33(19-28)47-23-46-32)21-31(39)30(37-36(40)48-34-22-45-35-29(34)15-17-44-35)18-26-8-10-27(11-9-26)43-16-14-25-6-4-3-5-7-25;1-17(2)13-30(41(34,35)20-7-8-24-25(12-20)39-16-38-24)14-23(32)22(11-18-3-5-19(31)6-4-18)29-28(33)40-26-15-37-27-21(26)9-10-36-27;9-7-6-8-4-2-1-3-5-8;1-5(10)8-9-6(11)12-7(2,3)4/h3-13,19,24,29-31,34-35,39H,14-18,20-23H2,1-2H3,(H,37,40);3-8,12,17,21-23,26-27,31-32H,9-11,13-16H2,1-2H3,(H,29,33);1-5,9H,6-7H2;1-4H3/t29-,30-,31+,34-,35+;21-,22-,23+,26-,27+;;/m00../s1. The van der Waals surface area contributed by atoms with Gasteiger partial charge < -0.3 is 87.9 Å². The number of phenolic OH excluding ortho intramolecular Hbond substituents is 1. The minimum Gasteiger partial charge on any atom is -0.508 e. The van der Waals surface area contributed by atoms with Gasteiger partial charge in [0, 0.05) is 58.3 Å². The molecule has 0 aliphatic carbocycles. The van der Waals surface area contributed by atoms with Gasteiger partial charge in [-0.1, -0.05) is 118 Å². The van der Waals surface area contributed by atoms with E-state index < -0.39 is 98.9 Å². The highest BCUT2D eigenvalue weighted by molar-refractivity contribution is 7.89. The van der Waals surface area contributed by atoms with Crippen molar-refractivity contribution in [2.45, 2.75) is 158 Å². The van der Waals surface area contributed by atoms with Gasteiger partial charge in [0.1, 0.15) is 29.3 Å². The predicted molar refractivity (Wildman–Crippen MR) is 403 cm³/mol. The van der Waals surface area contributed by atoms with Crippen molar-refractivity contribution in [2.24, 2.45) is 33.9 Å². The average Bonchev–Trinajstić information content (AvgIpc) is 1.73. The molecule has 0 bridgehead atoms. The Morgan fingerprint density at radius 3 is 1.41 bits per heavy atom. The minimum absolute atomic E-state index is 0.00613. The molecule has 4 saturated heterocycles. The number of sulfonamides is 2. The van der Waals surface area contributed by atoms with Gasteiger partial charge in [-0.3, -0.25) is 4.79 Å². The van der Waals surface area contributed by atoms with Crippen LogP contribution in [-0.2, 0) is 83.7 Å². The summed E-state index contributed by atoms with van der Waals surface area (Å²) in [6.07, 6.45) is -3.34. The summed E-state index contributed by atoms with van der Waals surface area (Å²) in [7, 11) is -8.12. The molecule has 4 amide bonds. The van der Waals surface area contributed by atoms with E-state index in [9.17, 15) is 51.3 Å². The fraction of sp³-hybridized carbons (Fsp3) is 0.494. The van der Waals surface area contributed by atoms with Gasteiger partial charge in [-0.2, -0.15) is 8.61 Å². The zero-order chi connectivity index (χ0) is 79.8. The van der Waals surface area contributed by atoms with E-state index >= 15 is 0 Å². The Balaban J connectivity index is 0.000000204. The number of amides is 4. The molecule has 0 radical (unpaired) electrons. The van der Waals surface area contributed by atoms with Crippen molar-refractivity contribution < 1.29 is 113 Å². The zero-order valence-electron chi connectivity index (χ0n) is 63.6. The van der Waals surface area contributed by atoms with Crippen molar-refractivity contribution in [1.82, 2.24) is 19.2 Å². The number of fused-ring (bicyclic) bond motifs is 4. The second kappa shape index (κ2) is 40.9.